The Morgan fingerprint density at radius 1 is 1.36 bits per heavy atom. The summed E-state index contributed by atoms with van der Waals surface area (Å²) in [4.78, 5) is 0. The summed E-state index contributed by atoms with van der Waals surface area (Å²) < 4.78 is 0. The van der Waals surface area contributed by atoms with Gasteiger partial charge in [-0.05, 0) is 25.7 Å². The maximum absolute atomic E-state index is 9.71. The summed E-state index contributed by atoms with van der Waals surface area (Å²) >= 11 is 0. The van der Waals surface area contributed by atoms with Gasteiger partial charge in [0, 0.05) is 0 Å². The van der Waals surface area contributed by atoms with Crippen LogP contribution in [0.3, 0.4) is 0 Å². The van der Waals surface area contributed by atoms with E-state index in [2.05, 4.69) is 5.92 Å². The van der Waals surface area contributed by atoms with Crippen LogP contribution in [0.2, 0.25) is 0 Å². The van der Waals surface area contributed by atoms with Crippen LogP contribution in [-0.4, -0.2) is 10.7 Å². The van der Waals surface area contributed by atoms with Crippen molar-refractivity contribution in [3.05, 3.63) is 0 Å². The normalized spacial score (nSPS) is 25.5. The van der Waals surface area contributed by atoms with Crippen molar-refractivity contribution < 1.29 is 5.11 Å². The van der Waals surface area contributed by atoms with Gasteiger partial charge in [0.2, 0.25) is 0 Å². The zero-order valence-corrected chi connectivity index (χ0v) is 7.14. The van der Waals surface area contributed by atoms with Crippen molar-refractivity contribution in [3.8, 4) is 12.3 Å². The second-order valence-corrected chi connectivity index (χ2v) is 3.63. The van der Waals surface area contributed by atoms with Gasteiger partial charge in [0.1, 0.15) is 5.60 Å². The molecule has 1 heteroatoms. The molecule has 1 saturated carbocycles. The molecule has 1 rings (SSSR count). The van der Waals surface area contributed by atoms with E-state index < -0.39 is 5.60 Å². The smallest absolute Gasteiger partial charge is 0.125 e. The maximum atomic E-state index is 9.71. The van der Waals surface area contributed by atoms with Crippen LogP contribution in [0, 0.1) is 18.3 Å². The molecule has 0 heterocycles. The van der Waals surface area contributed by atoms with Gasteiger partial charge in [0.25, 0.3) is 0 Å². The molecule has 0 saturated heterocycles. The molecule has 1 N–H and O–H groups in total. The third kappa shape index (κ3) is 1.97. The lowest BCUT2D eigenvalue weighted by Crippen LogP contribution is -2.34. The Morgan fingerprint density at radius 2 is 1.91 bits per heavy atom. The van der Waals surface area contributed by atoms with E-state index in [0.717, 1.165) is 12.8 Å². The van der Waals surface area contributed by atoms with Crippen LogP contribution in [0.25, 0.3) is 0 Å². The van der Waals surface area contributed by atoms with Crippen LogP contribution in [0.4, 0.5) is 0 Å². The summed E-state index contributed by atoms with van der Waals surface area (Å²) in [7, 11) is 0. The fraction of sp³-hybridized carbons (Fsp3) is 0.800. The summed E-state index contributed by atoms with van der Waals surface area (Å²) in [5.74, 6) is 2.80. The van der Waals surface area contributed by atoms with Crippen LogP contribution in [0.15, 0.2) is 0 Å². The molecule has 0 radical (unpaired) electrons. The van der Waals surface area contributed by atoms with Gasteiger partial charge in [-0.1, -0.05) is 25.2 Å². The molecule has 1 atom stereocenters. The third-order valence-corrected chi connectivity index (χ3v) is 2.69. The number of hydrogen-bond donors (Lipinski definition) is 1. The largest absolute Gasteiger partial charge is 0.378 e. The Bertz CT molecular complexity index is 158. The molecule has 11 heavy (non-hydrogen) atoms. The molecule has 0 aromatic carbocycles. The minimum atomic E-state index is -0.861. The first-order valence-electron chi connectivity index (χ1n) is 4.37. The lowest BCUT2D eigenvalue weighted by atomic mass is 9.78. The molecule has 62 valence electrons. The number of hydrogen-bond acceptors (Lipinski definition) is 1. The van der Waals surface area contributed by atoms with Crippen LogP contribution in [0.5, 0.6) is 0 Å². The van der Waals surface area contributed by atoms with Crippen molar-refractivity contribution in [2.24, 2.45) is 5.92 Å². The Hall–Kier alpha value is -0.480. The fourth-order valence-corrected chi connectivity index (χ4v) is 1.78. The minimum absolute atomic E-state index is 0.334. The van der Waals surface area contributed by atoms with E-state index in [-0.39, 0.29) is 0 Å². The van der Waals surface area contributed by atoms with Crippen LogP contribution in [-0.2, 0) is 0 Å². The van der Waals surface area contributed by atoms with Crippen LogP contribution >= 0.6 is 0 Å². The fourth-order valence-electron chi connectivity index (χ4n) is 1.78. The Morgan fingerprint density at radius 3 is 2.36 bits per heavy atom. The minimum Gasteiger partial charge on any atom is -0.378 e. The molecular formula is C10H16O. The maximum Gasteiger partial charge on any atom is 0.125 e. The molecule has 0 aromatic rings. The van der Waals surface area contributed by atoms with Crippen molar-refractivity contribution in [3.63, 3.8) is 0 Å². The number of aliphatic hydroxyl groups is 1. The van der Waals surface area contributed by atoms with Crippen molar-refractivity contribution in [1.29, 1.82) is 0 Å². The van der Waals surface area contributed by atoms with E-state index in [9.17, 15) is 5.11 Å². The summed E-state index contributed by atoms with van der Waals surface area (Å²) in [6.07, 6.45) is 11.2. The molecule has 1 unspecified atom stereocenters. The van der Waals surface area contributed by atoms with E-state index in [4.69, 9.17) is 6.42 Å². The molecule has 0 aromatic heterocycles. The zero-order chi connectivity index (χ0) is 8.32. The van der Waals surface area contributed by atoms with E-state index in [1.807, 2.05) is 0 Å². The molecule has 0 aliphatic heterocycles. The van der Waals surface area contributed by atoms with Gasteiger partial charge in [-0.2, -0.15) is 0 Å². The number of terminal acetylenes is 1. The summed E-state index contributed by atoms with van der Waals surface area (Å²) in [5, 5.41) is 9.71. The van der Waals surface area contributed by atoms with E-state index >= 15 is 0 Å². The molecule has 1 nitrogen and oxygen atoms in total. The molecule has 1 aliphatic rings. The summed E-state index contributed by atoms with van der Waals surface area (Å²) in [6.45, 7) is 1.75. The first-order valence-corrected chi connectivity index (χ1v) is 4.37. The molecule has 1 aliphatic carbocycles. The quantitative estimate of drug-likeness (QED) is 0.569. The van der Waals surface area contributed by atoms with Crippen molar-refractivity contribution in [2.75, 3.05) is 0 Å². The second kappa shape index (κ2) is 3.28. The molecule has 0 amide bonds. The second-order valence-electron chi connectivity index (χ2n) is 3.63. The number of rotatable bonds is 1. The lowest BCUT2D eigenvalue weighted by Gasteiger charge is -2.31. The van der Waals surface area contributed by atoms with Crippen molar-refractivity contribution in [1.82, 2.24) is 0 Å². The molecule has 1 fully saturated rings. The van der Waals surface area contributed by atoms with Gasteiger partial charge in [-0.25, -0.2) is 0 Å². The van der Waals surface area contributed by atoms with E-state index in [1.54, 1.807) is 6.92 Å². The average Bonchev–Trinajstić information content (AvgIpc) is 2.06. The predicted octanol–water partition coefficient (Wildman–Crippen LogP) is 1.95. The first-order chi connectivity index (χ1) is 5.17. The highest BCUT2D eigenvalue weighted by atomic mass is 16.3. The highest BCUT2D eigenvalue weighted by Gasteiger charge is 2.30. The van der Waals surface area contributed by atoms with Gasteiger partial charge in [0.15, 0.2) is 0 Å². The van der Waals surface area contributed by atoms with Crippen molar-refractivity contribution >= 4 is 0 Å². The molecule has 0 spiro atoms. The third-order valence-electron chi connectivity index (χ3n) is 2.69. The standard InChI is InChI=1S/C10H16O/c1-3-10(2,11)9-7-5-4-6-8-9/h1,9,11H,4-8H2,2H3. The first kappa shape index (κ1) is 8.62. The van der Waals surface area contributed by atoms with E-state index in [0.29, 0.717) is 5.92 Å². The van der Waals surface area contributed by atoms with Gasteiger partial charge >= 0.3 is 0 Å². The molecule has 0 bridgehead atoms. The predicted molar refractivity (Wildman–Crippen MR) is 46.0 cm³/mol. The Kier molecular flexibility index (Phi) is 2.57. The highest BCUT2D eigenvalue weighted by molar-refractivity contribution is 5.08. The van der Waals surface area contributed by atoms with Crippen molar-refractivity contribution in [2.45, 2.75) is 44.6 Å². The van der Waals surface area contributed by atoms with Gasteiger partial charge < -0.3 is 5.11 Å². The topological polar surface area (TPSA) is 20.2 Å². The lowest BCUT2D eigenvalue weighted by molar-refractivity contribution is 0.0370. The van der Waals surface area contributed by atoms with Gasteiger partial charge in [-0.15, -0.1) is 6.42 Å². The van der Waals surface area contributed by atoms with E-state index in [1.165, 1.54) is 19.3 Å². The SMILES string of the molecule is C#CC(C)(O)C1CCCCC1. The van der Waals surface area contributed by atoms with Crippen LogP contribution in [0.1, 0.15) is 39.0 Å². The van der Waals surface area contributed by atoms with Crippen LogP contribution < -0.4 is 0 Å². The summed E-state index contributed by atoms with van der Waals surface area (Å²) in [6, 6.07) is 0. The highest BCUT2D eigenvalue weighted by Crippen LogP contribution is 2.31. The Labute approximate surface area is 68.8 Å². The Balaban J connectivity index is 2.52. The zero-order valence-electron chi connectivity index (χ0n) is 7.14. The summed E-state index contributed by atoms with van der Waals surface area (Å²) in [5.41, 5.74) is -0.861. The van der Waals surface area contributed by atoms with Gasteiger partial charge in [-0.3, -0.25) is 0 Å². The molecular weight excluding hydrogens is 136 g/mol. The van der Waals surface area contributed by atoms with Gasteiger partial charge in [0.05, 0.1) is 0 Å². The monoisotopic (exact) mass is 152 g/mol. The average molecular weight is 152 g/mol.